The number of ether oxygens (including phenoxy) is 1. The maximum atomic E-state index is 4.96. The molecule has 0 radical (unpaired) electrons. The first-order valence-corrected chi connectivity index (χ1v) is 5.00. The van der Waals surface area contributed by atoms with Crippen LogP contribution >= 0.6 is 0 Å². The maximum absolute atomic E-state index is 4.96. The van der Waals surface area contributed by atoms with E-state index in [1.165, 1.54) is 12.8 Å². The van der Waals surface area contributed by atoms with Crippen LogP contribution in [0.15, 0.2) is 6.20 Å². The van der Waals surface area contributed by atoms with Crippen LogP contribution in [-0.2, 0) is 17.8 Å². The van der Waals surface area contributed by atoms with E-state index < -0.39 is 0 Å². The summed E-state index contributed by atoms with van der Waals surface area (Å²) in [7, 11) is 1.69. The van der Waals surface area contributed by atoms with Crippen molar-refractivity contribution < 1.29 is 4.74 Å². The Bertz CT molecular complexity index is 282. The van der Waals surface area contributed by atoms with Gasteiger partial charge in [0.1, 0.15) is 0 Å². The summed E-state index contributed by atoms with van der Waals surface area (Å²) in [6.45, 7) is 2.28. The van der Waals surface area contributed by atoms with Crippen molar-refractivity contribution >= 4 is 0 Å². The van der Waals surface area contributed by atoms with Crippen LogP contribution in [0.25, 0.3) is 0 Å². The van der Waals surface area contributed by atoms with Gasteiger partial charge in [0.15, 0.2) is 0 Å². The van der Waals surface area contributed by atoms with Gasteiger partial charge in [-0.15, -0.1) is 5.10 Å². The topological polar surface area (TPSA) is 52.0 Å². The Kier molecular flexibility index (Phi) is 3.10. The van der Waals surface area contributed by atoms with Gasteiger partial charge < -0.3 is 10.1 Å². The summed E-state index contributed by atoms with van der Waals surface area (Å²) in [5.74, 6) is 0. The normalized spacial score (nSPS) is 16.1. The molecule has 1 fully saturated rings. The molecule has 0 aliphatic heterocycles. The summed E-state index contributed by atoms with van der Waals surface area (Å²) in [6.07, 6.45) is 4.57. The van der Waals surface area contributed by atoms with Crippen LogP contribution in [-0.4, -0.2) is 34.8 Å². The molecule has 1 aliphatic rings. The van der Waals surface area contributed by atoms with E-state index in [0.717, 1.165) is 24.8 Å². The Morgan fingerprint density at radius 3 is 3.21 bits per heavy atom. The number of nitrogens with zero attached hydrogens (tertiary/aromatic N) is 3. The van der Waals surface area contributed by atoms with Gasteiger partial charge in [0.25, 0.3) is 0 Å². The minimum atomic E-state index is 0.679. The second-order valence-electron chi connectivity index (χ2n) is 3.62. The molecule has 1 aromatic rings. The van der Waals surface area contributed by atoms with Gasteiger partial charge in [-0.25, -0.2) is 4.68 Å². The van der Waals surface area contributed by atoms with Crippen LogP contribution in [0, 0.1) is 0 Å². The summed E-state index contributed by atoms with van der Waals surface area (Å²) >= 11 is 0. The molecule has 78 valence electrons. The Morgan fingerprint density at radius 2 is 2.50 bits per heavy atom. The first-order valence-electron chi connectivity index (χ1n) is 5.00. The standard InChI is InChI=1S/C9H16N4O/c1-14-5-4-13-7-9(11-12-13)6-10-8-2-3-8/h7-8,10H,2-6H2,1H3. The molecule has 0 atom stereocenters. The zero-order valence-corrected chi connectivity index (χ0v) is 8.44. The maximum Gasteiger partial charge on any atom is 0.0964 e. The van der Waals surface area contributed by atoms with Crippen LogP contribution in [0.5, 0.6) is 0 Å². The quantitative estimate of drug-likeness (QED) is 0.705. The molecule has 14 heavy (non-hydrogen) atoms. The third-order valence-electron chi connectivity index (χ3n) is 2.26. The fourth-order valence-corrected chi connectivity index (χ4v) is 1.25. The van der Waals surface area contributed by atoms with Crippen molar-refractivity contribution in [2.45, 2.75) is 32.0 Å². The van der Waals surface area contributed by atoms with E-state index in [9.17, 15) is 0 Å². The lowest BCUT2D eigenvalue weighted by Gasteiger charge is -1.97. The predicted molar refractivity (Wildman–Crippen MR) is 51.8 cm³/mol. The van der Waals surface area contributed by atoms with Crippen LogP contribution in [0.2, 0.25) is 0 Å². The molecule has 1 N–H and O–H groups in total. The highest BCUT2D eigenvalue weighted by atomic mass is 16.5. The molecule has 5 nitrogen and oxygen atoms in total. The molecule has 2 rings (SSSR count). The largest absolute Gasteiger partial charge is 0.383 e. The minimum absolute atomic E-state index is 0.679. The molecule has 0 unspecified atom stereocenters. The van der Waals surface area contributed by atoms with E-state index >= 15 is 0 Å². The molecule has 5 heteroatoms. The van der Waals surface area contributed by atoms with E-state index in [0.29, 0.717) is 6.61 Å². The minimum Gasteiger partial charge on any atom is -0.383 e. The lowest BCUT2D eigenvalue weighted by atomic mass is 10.4. The number of hydrogen-bond acceptors (Lipinski definition) is 4. The van der Waals surface area contributed by atoms with Gasteiger partial charge >= 0.3 is 0 Å². The van der Waals surface area contributed by atoms with Gasteiger partial charge in [-0.1, -0.05) is 5.21 Å². The fraction of sp³-hybridized carbons (Fsp3) is 0.778. The summed E-state index contributed by atoms with van der Waals surface area (Å²) < 4.78 is 6.77. The zero-order chi connectivity index (χ0) is 9.80. The van der Waals surface area contributed by atoms with E-state index in [-0.39, 0.29) is 0 Å². The molecule has 0 amide bonds. The average molecular weight is 196 g/mol. The van der Waals surface area contributed by atoms with Crippen LogP contribution < -0.4 is 5.32 Å². The van der Waals surface area contributed by atoms with Crippen LogP contribution in [0.1, 0.15) is 18.5 Å². The van der Waals surface area contributed by atoms with Crippen molar-refractivity contribution in [2.24, 2.45) is 0 Å². The van der Waals surface area contributed by atoms with E-state index in [2.05, 4.69) is 15.6 Å². The van der Waals surface area contributed by atoms with Crippen molar-refractivity contribution in [2.75, 3.05) is 13.7 Å². The second-order valence-corrected chi connectivity index (χ2v) is 3.62. The summed E-state index contributed by atoms with van der Waals surface area (Å²) in [5.41, 5.74) is 1.01. The highest BCUT2D eigenvalue weighted by molar-refractivity contribution is 4.94. The predicted octanol–water partition coefficient (Wildman–Crippen LogP) is 0.176. The number of methoxy groups -OCH3 is 1. The van der Waals surface area contributed by atoms with Crippen molar-refractivity contribution in [3.63, 3.8) is 0 Å². The Hall–Kier alpha value is -0.940. The number of aromatic nitrogens is 3. The highest BCUT2D eigenvalue weighted by Crippen LogP contribution is 2.18. The molecular formula is C9H16N4O. The first kappa shape index (κ1) is 9.61. The van der Waals surface area contributed by atoms with E-state index in [4.69, 9.17) is 4.74 Å². The molecule has 1 aromatic heterocycles. The molecule has 0 spiro atoms. The van der Waals surface area contributed by atoms with Crippen LogP contribution in [0.4, 0.5) is 0 Å². The Labute approximate surface area is 83.4 Å². The van der Waals surface area contributed by atoms with Crippen molar-refractivity contribution in [1.29, 1.82) is 0 Å². The first-order chi connectivity index (χ1) is 6.88. The van der Waals surface area contributed by atoms with Crippen molar-refractivity contribution in [1.82, 2.24) is 20.3 Å². The van der Waals surface area contributed by atoms with Gasteiger partial charge in [-0.05, 0) is 12.8 Å². The van der Waals surface area contributed by atoms with Gasteiger partial charge in [-0.2, -0.15) is 0 Å². The molecule has 0 saturated heterocycles. The molecular weight excluding hydrogens is 180 g/mol. The molecule has 0 aromatic carbocycles. The third-order valence-corrected chi connectivity index (χ3v) is 2.26. The van der Waals surface area contributed by atoms with Gasteiger partial charge in [0.05, 0.1) is 18.8 Å². The average Bonchev–Trinajstić information content (AvgIpc) is 2.92. The summed E-state index contributed by atoms with van der Waals surface area (Å²) in [4.78, 5) is 0. The number of hydrogen-bond donors (Lipinski definition) is 1. The Balaban J connectivity index is 1.76. The monoisotopic (exact) mass is 196 g/mol. The van der Waals surface area contributed by atoms with E-state index in [1.54, 1.807) is 7.11 Å². The van der Waals surface area contributed by atoms with Crippen LogP contribution in [0.3, 0.4) is 0 Å². The van der Waals surface area contributed by atoms with Crippen molar-refractivity contribution in [3.8, 4) is 0 Å². The number of rotatable bonds is 6. The molecule has 1 aliphatic carbocycles. The van der Waals surface area contributed by atoms with Gasteiger partial charge in [0, 0.05) is 25.9 Å². The summed E-state index contributed by atoms with van der Waals surface area (Å²) in [5, 5.41) is 11.5. The highest BCUT2D eigenvalue weighted by Gasteiger charge is 2.20. The zero-order valence-electron chi connectivity index (χ0n) is 8.44. The van der Waals surface area contributed by atoms with Gasteiger partial charge in [-0.3, -0.25) is 0 Å². The lowest BCUT2D eigenvalue weighted by molar-refractivity contribution is 0.183. The Morgan fingerprint density at radius 1 is 1.64 bits per heavy atom. The van der Waals surface area contributed by atoms with E-state index in [1.807, 2.05) is 10.9 Å². The second kappa shape index (κ2) is 4.52. The summed E-state index contributed by atoms with van der Waals surface area (Å²) in [6, 6.07) is 0.721. The third kappa shape index (κ3) is 2.78. The lowest BCUT2D eigenvalue weighted by Crippen LogP contribution is -2.15. The molecule has 0 bridgehead atoms. The van der Waals surface area contributed by atoms with Crippen molar-refractivity contribution in [3.05, 3.63) is 11.9 Å². The SMILES string of the molecule is COCCn1cc(CNC2CC2)nn1. The smallest absolute Gasteiger partial charge is 0.0964 e. The number of nitrogens with one attached hydrogen (secondary N) is 1. The van der Waals surface area contributed by atoms with Gasteiger partial charge in [0.2, 0.25) is 0 Å². The molecule has 1 saturated carbocycles. The molecule has 1 heterocycles. The fourth-order valence-electron chi connectivity index (χ4n) is 1.25.